The summed E-state index contributed by atoms with van der Waals surface area (Å²) in [6, 6.07) is 0. The highest BCUT2D eigenvalue weighted by Crippen LogP contribution is 2.14. The first kappa shape index (κ1) is 8.73. The van der Waals surface area contributed by atoms with Gasteiger partial charge in [-0.25, -0.2) is 0 Å². The highest BCUT2D eigenvalue weighted by molar-refractivity contribution is 6.18. The van der Waals surface area contributed by atoms with E-state index < -0.39 is 17.6 Å². The molecule has 0 saturated heterocycles. The van der Waals surface area contributed by atoms with Crippen LogP contribution < -0.4 is 5.32 Å². The number of hydrogen-bond acceptors (Lipinski definition) is 4. The van der Waals surface area contributed by atoms with Crippen molar-refractivity contribution in [2.45, 2.75) is 12.8 Å². The van der Waals surface area contributed by atoms with Crippen molar-refractivity contribution in [3.63, 3.8) is 0 Å². The molecule has 1 aliphatic heterocycles. The molecule has 66 valence electrons. The molecule has 0 aromatic heterocycles. The van der Waals surface area contributed by atoms with Crippen LogP contribution in [0.15, 0.2) is 11.3 Å². The van der Waals surface area contributed by atoms with E-state index in [2.05, 4.69) is 0 Å². The molecule has 1 aliphatic rings. The molecule has 0 spiro atoms. The van der Waals surface area contributed by atoms with Gasteiger partial charge in [0.2, 0.25) is 0 Å². The fraction of sp³-hybridized carbons (Fsp3) is 0.429. The van der Waals surface area contributed by atoms with Gasteiger partial charge in [0.25, 0.3) is 11.8 Å². The number of amides is 2. The molecular formula is C7H9NO4. The summed E-state index contributed by atoms with van der Waals surface area (Å²) in [6.45, 7) is -0.0712. The van der Waals surface area contributed by atoms with E-state index in [9.17, 15) is 9.59 Å². The Morgan fingerprint density at radius 3 is 2.33 bits per heavy atom. The van der Waals surface area contributed by atoms with Crippen molar-refractivity contribution in [1.82, 2.24) is 5.32 Å². The van der Waals surface area contributed by atoms with E-state index >= 15 is 0 Å². The summed E-state index contributed by atoms with van der Waals surface area (Å²) < 4.78 is 0. The molecule has 0 aromatic carbocycles. The van der Waals surface area contributed by atoms with Gasteiger partial charge >= 0.3 is 0 Å². The first-order valence-electron chi connectivity index (χ1n) is 3.55. The van der Waals surface area contributed by atoms with Crippen molar-refractivity contribution in [3.05, 3.63) is 11.3 Å². The molecule has 0 fully saturated rings. The molecule has 12 heavy (non-hydrogen) atoms. The zero-order valence-electron chi connectivity index (χ0n) is 6.33. The normalized spacial score (nSPS) is 17.1. The first-order valence-corrected chi connectivity index (χ1v) is 3.55. The molecule has 0 aromatic rings. The predicted octanol–water partition coefficient (Wildman–Crippen LogP) is -0.773. The van der Waals surface area contributed by atoms with Crippen LogP contribution in [0.3, 0.4) is 0 Å². The average molecular weight is 171 g/mol. The molecule has 1 rings (SSSR count). The van der Waals surface area contributed by atoms with Gasteiger partial charge in [0.1, 0.15) is 0 Å². The Bertz CT molecular complexity index is 256. The molecule has 0 radical (unpaired) electrons. The third-order valence-electron chi connectivity index (χ3n) is 1.59. The number of hydrogen-bond donors (Lipinski definition) is 3. The number of carbonyl (C=O) groups excluding carboxylic acids is 2. The predicted molar refractivity (Wildman–Crippen MR) is 39.1 cm³/mol. The molecule has 0 bridgehead atoms. The molecule has 3 N–H and O–H groups in total. The summed E-state index contributed by atoms with van der Waals surface area (Å²) in [5.74, 6) is -1.84. The Morgan fingerprint density at radius 2 is 1.92 bits per heavy atom. The third kappa shape index (κ3) is 1.45. The van der Waals surface area contributed by atoms with Gasteiger partial charge in [-0.15, -0.1) is 0 Å². The Balaban J connectivity index is 2.71. The van der Waals surface area contributed by atoms with Crippen LogP contribution in [-0.4, -0.2) is 28.6 Å². The second-order valence-electron chi connectivity index (χ2n) is 2.44. The van der Waals surface area contributed by atoms with Crippen LogP contribution >= 0.6 is 0 Å². The maximum atomic E-state index is 10.9. The molecular weight excluding hydrogens is 162 g/mol. The van der Waals surface area contributed by atoms with E-state index in [1.165, 1.54) is 0 Å². The van der Waals surface area contributed by atoms with Gasteiger partial charge in [-0.1, -0.05) is 0 Å². The largest absolute Gasteiger partial charge is 0.503 e. The summed E-state index contributed by atoms with van der Waals surface area (Å²) in [5.41, 5.74) is 0.0639. The minimum Gasteiger partial charge on any atom is -0.503 e. The number of aliphatic hydroxyl groups is 2. The summed E-state index contributed by atoms with van der Waals surface area (Å²) >= 11 is 0. The van der Waals surface area contributed by atoms with Crippen molar-refractivity contribution >= 4 is 11.8 Å². The molecule has 2 amide bonds. The first-order chi connectivity index (χ1) is 5.66. The van der Waals surface area contributed by atoms with E-state index in [4.69, 9.17) is 10.2 Å². The van der Waals surface area contributed by atoms with Gasteiger partial charge in [0, 0.05) is 6.61 Å². The van der Waals surface area contributed by atoms with Gasteiger partial charge in [-0.3, -0.25) is 14.9 Å². The van der Waals surface area contributed by atoms with Gasteiger partial charge in [0.05, 0.1) is 5.57 Å². The van der Waals surface area contributed by atoms with Crippen LogP contribution in [0.2, 0.25) is 0 Å². The quantitative estimate of drug-likeness (QED) is 0.486. The molecule has 0 atom stereocenters. The number of carbonyl (C=O) groups is 2. The second-order valence-corrected chi connectivity index (χ2v) is 2.44. The highest BCUT2D eigenvalue weighted by atomic mass is 16.3. The lowest BCUT2D eigenvalue weighted by atomic mass is 10.1. The topological polar surface area (TPSA) is 86.6 Å². The van der Waals surface area contributed by atoms with Gasteiger partial charge < -0.3 is 10.2 Å². The van der Waals surface area contributed by atoms with Crippen molar-refractivity contribution in [2.75, 3.05) is 6.61 Å². The molecule has 1 heterocycles. The van der Waals surface area contributed by atoms with Crippen molar-refractivity contribution < 1.29 is 19.8 Å². The smallest absolute Gasteiger partial charge is 0.293 e. The van der Waals surface area contributed by atoms with Crippen LogP contribution in [0, 0.1) is 0 Å². The monoisotopic (exact) mass is 171 g/mol. The summed E-state index contributed by atoms with van der Waals surface area (Å²) in [6.07, 6.45) is 0.583. The molecule has 0 aliphatic carbocycles. The van der Waals surface area contributed by atoms with E-state index in [-0.39, 0.29) is 18.6 Å². The third-order valence-corrected chi connectivity index (χ3v) is 1.59. The summed E-state index contributed by atoms with van der Waals surface area (Å²) in [7, 11) is 0. The fourth-order valence-electron chi connectivity index (χ4n) is 0.970. The lowest BCUT2D eigenvalue weighted by Gasteiger charge is -1.95. The Hall–Kier alpha value is -1.36. The average Bonchev–Trinajstić information content (AvgIpc) is 2.25. The fourth-order valence-corrected chi connectivity index (χ4v) is 0.970. The van der Waals surface area contributed by atoms with Crippen LogP contribution in [-0.2, 0) is 9.59 Å². The van der Waals surface area contributed by atoms with E-state index in [1.807, 2.05) is 5.32 Å². The lowest BCUT2D eigenvalue weighted by Crippen LogP contribution is -2.23. The maximum absolute atomic E-state index is 10.9. The van der Waals surface area contributed by atoms with Gasteiger partial charge in [0.15, 0.2) is 5.76 Å². The van der Waals surface area contributed by atoms with E-state index in [0.29, 0.717) is 6.42 Å². The maximum Gasteiger partial charge on any atom is 0.293 e. The summed E-state index contributed by atoms with van der Waals surface area (Å²) in [4.78, 5) is 21.5. The zero-order chi connectivity index (χ0) is 9.14. The van der Waals surface area contributed by atoms with Gasteiger partial charge in [-0.2, -0.15) is 0 Å². The Labute approximate surface area is 68.7 Å². The number of rotatable bonds is 3. The molecule has 5 nitrogen and oxygen atoms in total. The Kier molecular flexibility index (Phi) is 2.44. The van der Waals surface area contributed by atoms with Crippen molar-refractivity contribution in [1.29, 1.82) is 0 Å². The van der Waals surface area contributed by atoms with Crippen LogP contribution in [0.25, 0.3) is 0 Å². The van der Waals surface area contributed by atoms with Crippen molar-refractivity contribution in [3.8, 4) is 0 Å². The van der Waals surface area contributed by atoms with Crippen LogP contribution in [0.4, 0.5) is 0 Å². The molecule has 0 unspecified atom stereocenters. The number of imide groups is 1. The zero-order valence-corrected chi connectivity index (χ0v) is 6.33. The lowest BCUT2D eigenvalue weighted by molar-refractivity contribution is -0.125. The SMILES string of the molecule is O=C1NC(=O)C(CCCO)=C1O. The minimum absolute atomic E-state index is 0.0639. The number of nitrogens with one attached hydrogen (secondary N) is 1. The standard InChI is InChI=1S/C7H9NO4/c9-3-1-2-4-5(10)7(12)8-6(4)11/h9H,1-3H2,(H2,8,10,11,12). The van der Waals surface area contributed by atoms with Gasteiger partial charge in [-0.05, 0) is 12.8 Å². The number of aliphatic hydroxyl groups excluding tert-OH is 2. The second kappa shape index (κ2) is 3.36. The molecule has 0 saturated carbocycles. The van der Waals surface area contributed by atoms with E-state index in [0.717, 1.165) is 0 Å². The van der Waals surface area contributed by atoms with Crippen LogP contribution in [0.5, 0.6) is 0 Å². The minimum atomic E-state index is -0.757. The summed E-state index contributed by atoms with van der Waals surface area (Å²) in [5, 5.41) is 19.4. The highest BCUT2D eigenvalue weighted by Gasteiger charge is 2.28. The van der Waals surface area contributed by atoms with Crippen LogP contribution in [0.1, 0.15) is 12.8 Å². The Morgan fingerprint density at radius 1 is 1.25 bits per heavy atom. The van der Waals surface area contributed by atoms with E-state index in [1.54, 1.807) is 0 Å². The van der Waals surface area contributed by atoms with Crippen molar-refractivity contribution in [2.24, 2.45) is 0 Å². The molecule has 5 heteroatoms.